The monoisotopic (exact) mass is 392 g/mol. The Labute approximate surface area is 172 Å². The van der Waals surface area contributed by atoms with E-state index in [1.165, 1.54) is 4.90 Å². The molecule has 0 bridgehead atoms. The number of amides is 2. The van der Waals surface area contributed by atoms with Crippen LogP contribution in [0.2, 0.25) is 0 Å². The minimum absolute atomic E-state index is 0.258. The molecule has 2 amide bonds. The molecule has 0 spiro atoms. The lowest BCUT2D eigenvalue weighted by molar-refractivity contribution is -0.136. The topological polar surface area (TPSA) is 58.6 Å². The maximum absolute atomic E-state index is 13.3. The van der Waals surface area contributed by atoms with Crippen LogP contribution in [0.1, 0.15) is 34.2 Å². The van der Waals surface area contributed by atoms with Gasteiger partial charge in [0.25, 0.3) is 11.8 Å². The van der Waals surface area contributed by atoms with Crippen LogP contribution >= 0.6 is 0 Å². The first-order chi connectivity index (χ1) is 13.8. The van der Waals surface area contributed by atoms with Crippen LogP contribution in [-0.4, -0.2) is 37.0 Å². The van der Waals surface area contributed by atoms with Gasteiger partial charge in [0.2, 0.25) is 0 Å². The van der Waals surface area contributed by atoms with E-state index in [1.54, 1.807) is 7.11 Å². The summed E-state index contributed by atoms with van der Waals surface area (Å²) in [7, 11) is 1.61. The van der Waals surface area contributed by atoms with Gasteiger partial charge in [-0.1, -0.05) is 35.9 Å². The lowest BCUT2D eigenvalue weighted by atomic mass is 9.97. The molecule has 0 radical (unpaired) electrons. The second kappa shape index (κ2) is 8.62. The van der Waals surface area contributed by atoms with Gasteiger partial charge in [0, 0.05) is 25.9 Å². The lowest BCUT2D eigenvalue weighted by Crippen LogP contribution is -2.34. The first kappa shape index (κ1) is 20.8. The lowest BCUT2D eigenvalue weighted by Gasteiger charge is -2.15. The average Bonchev–Trinajstić information content (AvgIpc) is 2.90. The molecule has 152 valence electrons. The molecule has 3 rings (SSSR count). The Bertz CT molecular complexity index is 992. The van der Waals surface area contributed by atoms with Crippen LogP contribution in [0, 0.1) is 27.7 Å². The van der Waals surface area contributed by atoms with Crippen molar-refractivity contribution in [2.75, 3.05) is 25.6 Å². The molecule has 2 aromatic rings. The zero-order valence-corrected chi connectivity index (χ0v) is 17.8. The molecule has 0 saturated carbocycles. The van der Waals surface area contributed by atoms with E-state index in [2.05, 4.69) is 5.32 Å². The number of imide groups is 1. The summed E-state index contributed by atoms with van der Waals surface area (Å²) < 4.78 is 5.09. The van der Waals surface area contributed by atoms with Crippen LogP contribution in [0.15, 0.2) is 42.1 Å². The first-order valence-corrected chi connectivity index (χ1v) is 9.85. The fourth-order valence-corrected chi connectivity index (χ4v) is 3.63. The molecule has 2 aromatic carbocycles. The van der Waals surface area contributed by atoms with E-state index in [-0.39, 0.29) is 11.8 Å². The quantitative estimate of drug-likeness (QED) is 0.568. The maximum Gasteiger partial charge on any atom is 0.278 e. The zero-order valence-electron chi connectivity index (χ0n) is 17.8. The van der Waals surface area contributed by atoms with Crippen molar-refractivity contribution in [3.63, 3.8) is 0 Å². The summed E-state index contributed by atoms with van der Waals surface area (Å²) in [5.41, 5.74) is 6.66. The molecule has 29 heavy (non-hydrogen) atoms. The molecule has 0 aromatic heterocycles. The van der Waals surface area contributed by atoms with E-state index in [4.69, 9.17) is 4.74 Å². The predicted octanol–water partition coefficient (Wildman–Crippen LogP) is 4.15. The van der Waals surface area contributed by atoms with Gasteiger partial charge in [-0.3, -0.25) is 14.5 Å². The Morgan fingerprint density at radius 3 is 2.41 bits per heavy atom. The highest BCUT2D eigenvalue weighted by atomic mass is 16.5. The molecule has 1 N–H and O–H groups in total. The number of nitrogens with zero attached hydrogens (tertiary/aromatic N) is 1. The summed E-state index contributed by atoms with van der Waals surface area (Å²) in [5, 5.41) is 3.28. The Hall–Kier alpha value is -2.92. The van der Waals surface area contributed by atoms with E-state index in [0.717, 1.165) is 33.5 Å². The predicted molar refractivity (Wildman–Crippen MR) is 116 cm³/mol. The fourth-order valence-electron chi connectivity index (χ4n) is 3.63. The number of nitrogens with one attached hydrogen (secondary N) is 1. The van der Waals surface area contributed by atoms with Crippen molar-refractivity contribution < 1.29 is 14.3 Å². The van der Waals surface area contributed by atoms with Crippen LogP contribution in [-0.2, 0) is 14.3 Å². The number of anilines is 1. The molecule has 1 heterocycles. The van der Waals surface area contributed by atoms with Gasteiger partial charge in [-0.25, -0.2) is 0 Å². The number of aryl methyl sites for hydroxylation is 3. The van der Waals surface area contributed by atoms with Gasteiger partial charge in [0.05, 0.1) is 5.57 Å². The van der Waals surface area contributed by atoms with Gasteiger partial charge >= 0.3 is 0 Å². The third-order valence-electron chi connectivity index (χ3n) is 5.41. The summed E-state index contributed by atoms with van der Waals surface area (Å²) in [4.78, 5) is 27.8. The Morgan fingerprint density at radius 2 is 1.72 bits per heavy atom. The molecule has 0 aliphatic carbocycles. The first-order valence-electron chi connectivity index (χ1n) is 9.85. The standard InChI is InChI=1S/C24H28N2O3/c1-15-10-11-19(17(3)14-15)21-22(25-20-9-6-8-16(2)18(20)4)24(28)26(23(21)27)12-7-13-29-5/h6,8-11,14,25H,7,12-13H2,1-5H3. The highest BCUT2D eigenvalue weighted by Gasteiger charge is 2.39. The van der Waals surface area contributed by atoms with E-state index >= 15 is 0 Å². The molecule has 0 saturated heterocycles. The highest BCUT2D eigenvalue weighted by Crippen LogP contribution is 2.33. The van der Waals surface area contributed by atoms with Crippen molar-refractivity contribution in [3.05, 3.63) is 69.9 Å². The van der Waals surface area contributed by atoms with Gasteiger partial charge < -0.3 is 10.1 Å². The number of methoxy groups -OCH3 is 1. The number of rotatable bonds is 7. The second-order valence-corrected chi connectivity index (χ2v) is 7.55. The molecule has 0 fully saturated rings. The third-order valence-corrected chi connectivity index (χ3v) is 5.41. The number of hydrogen-bond acceptors (Lipinski definition) is 4. The van der Waals surface area contributed by atoms with Crippen molar-refractivity contribution in [3.8, 4) is 0 Å². The number of hydrogen-bond donors (Lipinski definition) is 1. The van der Waals surface area contributed by atoms with Crippen molar-refractivity contribution in [2.45, 2.75) is 34.1 Å². The van der Waals surface area contributed by atoms with E-state index in [9.17, 15) is 9.59 Å². The summed E-state index contributed by atoms with van der Waals surface area (Å²) in [6.07, 6.45) is 0.602. The molecular formula is C24H28N2O3. The van der Waals surface area contributed by atoms with Crippen molar-refractivity contribution in [1.29, 1.82) is 0 Å². The molecule has 1 aliphatic rings. The minimum atomic E-state index is -0.290. The summed E-state index contributed by atoms with van der Waals surface area (Å²) in [5.74, 6) is -0.548. The minimum Gasteiger partial charge on any atom is -0.385 e. The molecule has 1 aliphatic heterocycles. The van der Waals surface area contributed by atoms with Gasteiger partial charge in [-0.15, -0.1) is 0 Å². The third kappa shape index (κ3) is 4.10. The van der Waals surface area contributed by atoms with Crippen LogP contribution < -0.4 is 5.32 Å². The molecule has 5 heteroatoms. The van der Waals surface area contributed by atoms with Crippen LogP contribution in [0.5, 0.6) is 0 Å². The van der Waals surface area contributed by atoms with Crippen molar-refractivity contribution >= 4 is 23.1 Å². The summed E-state index contributed by atoms with van der Waals surface area (Å²) in [6, 6.07) is 11.8. The molecule has 0 atom stereocenters. The Kier molecular flexibility index (Phi) is 6.18. The summed E-state index contributed by atoms with van der Waals surface area (Å²) >= 11 is 0. The second-order valence-electron chi connectivity index (χ2n) is 7.55. The average molecular weight is 392 g/mol. The molecule has 5 nitrogen and oxygen atoms in total. The number of carbonyl (C=O) groups is 2. The zero-order chi connectivity index (χ0) is 21.1. The molecular weight excluding hydrogens is 364 g/mol. The van der Waals surface area contributed by atoms with Crippen LogP contribution in [0.25, 0.3) is 5.57 Å². The number of benzene rings is 2. The van der Waals surface area contributed by atoms with Gasteiger partial charge in [0.1, 0.15) is 5.70 Å². The van der Waals surface area contributed by atoms with E-state index in [0.29, 0.717) is 30.8 Å². The normalized spacial score (nSPS) is 14.2. The smallest absolute Gasteiger partial charge is 0.278 e. The van der Waals surface area contributed by atoms with E-state index in [1.807, 2.05) is 64.1 Å². The van der Waals surface area contributed by atoms with Gasteiger partial charge in [-0.05, 0) is 62.4 Å². The SMILES string of the molecule is COCCCN1C(=O)C(Nc2cccc(C)c2C)=C(c2ccc(C)cc2C)C1=O. The Balaban J connectivity index is 2.08. The highest BCUT2D eigenvalue weighted by molar-refractivity contribution is 6.36. The van der Waals surface area contributed by atoms with Crippen LogP contribution in [0.3, 0.4) is 0 Å². The number of ether oxygens (including phenoxy) is 1. The van der Waals surface area contributed by atoms with Crippen molar-refractivity contribution in [2.24, 2.45) is 0 Å². The van der Waals surface area contributed by atoms with Crippen molar-refractivity contribution in [1.82, 2.24) is 4.90 Å². The Morgan fingerprint density at radius 1 is 0.966 bits per heavy atom. The van der Waals surface area contributed by atoms with Crippen LogP contribution in [0.4, 0.5) is 5.69 Å². The largest absolute Gasteiger partial charge is 0.385 e. The van der Waals surface area contributed by atoms with E-state index < -0.39 is 0 Å². The fraction of sp³-hybridized carbons (Fsp3) is 0.333. The molecule has 0 unspecified atom stereocenters. The summed E-state index contributed by atoms with van der Waals surface area (Å²) in [6.45, 7) is 8.84. The maximum atomic E-state index is 13.3. The van der Waals surface area contributed by atoms with Gasteiger partial charge in [-0.2, -0.15) is 0 Å². The van der Waals surface area contributed by atoms with Gasteiger partial charge in [0.15, 0.2) is 0 Å². The number of carbonyl (C=O) groups excluding carboxylic acids is 2.